The lowest BCUT2D eigenvalue weighted by atomic mass is 9.76. The molecule has 1 aliphatic heterocycles. The van der Waals surface area contributed by atoms with E-state index >= 15 is 0 Å². The predicted molar refractivity (Wildman–Crippen MR) is 151 cm³/mol. The van der Waals surface area contributed by atoms with E-state index in [0.717, 1.165) is 6.42 Å². The first-order valence-electron chi connectivity index (χ1n) is 13.1. The van der Waals surface area contributed by atoms with E-state index in [-0.39, 0.29) is 17.4 Å². The zero-order valence-corrected chi connectivity index (χ0v) is 22.6. The van der Waals surface area contributed by atoms with Gasteiger partial charge in [0.1, 0.15) is 5.82 Å². The van der Waals surface area contributed by atoms with E-state index in [1.807, 2.05) is 11.8 Å². The third-order valence-corrected chi connectivity index (χ3v) is 6.84. The van der Waals surface area contributed by atoms with Crippen molar-refractivity contribution in [3.05, 3.63) is 54.7 Å². The van der Waals surface area contributed by atoms with Crippen LogP contribution >= 0.6 is 0 Å². The molecule has 2 unspecified atom stereocenters. The molecule has 13 heteroatoms. The molecule has 1 fully saturated rings. The van der Waals surface area contributed by atoms with Crippen LogP contribution in [-0.4, -0.2) is 62.1 Å². The summed E-state index contributed by atoms with van der Waals surface area (Å²) in [7, 11) is 0. The minimum absolute atomic E-state index is 0.00555. The number of nitrogens with one attached hydrogen (secondary N) is 4. The molecule has 0 radical (unpaired) electrons. The number of hydrogen-bond donors (Lipinski definition) is 5. The van der Waals surface area contributed by atoms with Crippen molar-refractivity contribution in [2.24, 2.45) is 5.41 Å². The molecule has 40 heavy (non-hydrogen) atoms. The number of hydrogen-bond acceptors (Lipinski definition) is 9. The summed E-state index contributed by atoms with van der Waals surface area (Å²) < 4.78 is 0. The maximum absolute atomic E-state index is 13.3. The van der Waals surface area contributed by atoms with Crippen molar-refractivity contribution in [1.82, 2.24) is 25.3 Å². The normalized spacial score (nSPS) is 18.5. The first-order valence-corrected chi connectivity index (χ1v) is 13.1. The SMILES string of the molecule is CCNC(=O)Nc1cc(Nc2cccnc2)c(C(=O)Nc2cnc(N3CCC(C)(C(=O)O)CC3CC)nc2)cn1. The Hall–Kier alpha value is -4.81. The fourth-order valence-corrected chi connectivity index (χ4v) is 4.56. The molecule has 0 spiro atoms. The first-order chi connectivity index (χ1) is 19.2. The minimum atomic E-state index is -0.788. The summed E-state index contributed by atoms with van der Waals surface area (Å²) in [6.07, 6.45) is 9.40. The molecule has 0 aliphatic carbocycles. The predicted octanol–water partition coefficient (Wildman–Crippen LogP) is 3.87. The quantitative estimate of drug-likeness (QED) is 0.264. The summed E-state index contributed by atoms with van der Waals surface area (Å²) in [4.78, 5) is 56.2. The number of aliphatic carboxylic acids is 1. The summed E-state index contributed by atoms with van der Waals surface area (Å²) in [5, 5.41) is 20.8. The molecule has 210 valence electrons. The number of piperidine rings is 1. The molecule has 4 heterocycles. The van der Waals surface area contributed by atoms with Gasteiger partial charge in [-0.15, -0.1) is 0 Å². The third kappa shape index (κ3) is 6.60. The second-order valence-electron chi connectivity index (χ2n) is 9.77. The molecule has 3 aromatic rings. The van der Waals surface area contributed by atoms with Gasteiger partial charge in [-0.25, -0.2) is 19.7 Å². The van der Waals surface area contributed by atoms with Crippen LogP contribution in [0, 0.1) is 5.41 Å². The molecule has 1 aliphatic rings. The van der Waals surface area contributed by atoms with Crippen molar-refractivity contribution in [1.29, 1.82) is 0 Å². The van der Waals surface area contributed by atoms with E-state index in [1.165, 1.54) is 18.6 Å². The summed E-state index contributed by atoms with van der Waals surface area (Å²) >= 11 is 0. The molecule has 3 amide bonds. The number of anilines is 5. The zero-order chi connectivity index (χ0) is 28.7. The Kier molecular flexibility index (Phi) is 8.72. The van der Waals surface area contributed by atoms with Gasteiger partial charge in [-0.3, -0.25) is 19.9 Å². The smallest absolute Gasteiger partial charge is 0.320 e. The molecule has 5 N–H and O–H groups in total. The molecular formula is C27H33N9O4. The number of aromatic nitrogens is 4. The standard InChI is InChI=1S/C27H33N9O4/c1-4-19-12-27(3,24(38)39)8-10-36(19)25-31-14-18(15-32-25)34-23(37)20-16-30-22(35-26(40)29-5-2)11-21(20)33-17-7-6-9-28-13-17/h6-7,9,11,13-16,19H,4-5,8,10,12H2,1-3H3,(H,34,37)(H,38,39)(H3,29,30,33,35,40). The highest BCUT2D eigenvalue weighted by Crippen LogP contribution is 2.37. The Morgan fingerprint density at radius 2 is 1.85 bits per heavy atom. The Balaban J connectivity index is 1.51. The van der Waals surface area contributed by atoms with Gasteiger partial charge in [-0.1, -0.05) is 6.92 Å². The van der Waals surface area contributed by atoms with Crippen LogP contribution in [0.3, 0.4) is 0 Å². The van der Waals surface area contributed by atoms with Gasteiger partial charge in [0.15, 0.2) is 0 Å². The van der Waals surface area contributed by atoms with E-state index in [9.17, 15) is 19.5 Å². The lowest BCUT2D eigenvalue weighted by Gasteiger charge is -2.42. The average molecular weight is 548 g/mol. The number of rotatable bonds is 9. The van der Waals surface area contributed by atoms with Crippen LogP contribution in [0.15, 0.2) is 49.2 Å². The Morgan fingerprint density at radius 3 is 2.50 bits per heavy atom. The van der Waals surface area contributed by atoms with Crippen LogP contribution in [0.2, 0.25) is 0 Å². The first kappa shape index (κ1) is 28.2. The summed E-state index contributed by atoms with van der Waals surface area (Å²) in [5.41, 5.74) is 0.886. The third-order valence-electron chi connectivity index (χ3n) is 6.84. The maximum atomic E-state index is 13.3. The fourth-order valence-electron chi connectivity index (χ4n) is 4.56. The van der Waals surface area contributed by atoms with E-state index in [2.05, 4.69) is 41.2 Å². The maximum Gasteiger partial charge on any atom is 0.320 e. The molecule has 0 saturated carbocycles. The van der Waals surface area contributed by atoms with Gasteiger partial charge in [0.25, 0.3) is 5.91 Å². The molecule has 0 bridgehead atoms. The molecule has 1 saturated heterocycles. The topological polar surface area (TPSA) is 174 Å². The number of pyridine rings is 2. The molecular weight excluding hydrogens is 514 g/mol. The molecule has 0 aromatic carbocycles. The summed E-state index contributed by atoms with van der Waals surface area (Å²) in [6.45, 7) is 6.58. The van der Waals surface area contributed by atoms with Gasteiger partial charge >= 0.3 is 12.0 Å². The van der Waals surface area contributed by atoms with E-state index in [1.54, 1.807) is 44.4 Å². The molecule has 13 nitrogen and oxygen atoms in total. The number of amides is 3. The number of nitrogens with zero attached hydrogens (tertiary/aromatic N) is 5. The van der Waals surface area contributed by atoms with Crippen molar-refractivity contribution in [2.75, 3.05) is 33.9 Å². The van der Waals surface area contributed by atoms with Crippen LogP contribution in [0.5, 0.6) is 0 Å². The molecule has 4 rings (SSSR count). The number of carboxylic acids is 1. The highest BCUT2D eigenvalue weighted by atomic mass is 16.4. The van der Waals surface area contributed by atoms with Crippen molar-refractivity contribution < 1.29 is 19.5 Å². The fraction of sp³-hybridized carbons (Fsp3) is 0.370. The van der Waals surface area contributed by atoms with E-state index in [4.69, 9.17) is 0 Å². The monoisotopic (exact) mass is 547 g/mol. The lowest BCUT2D eigenvalue weighted by molar-refractivity contribution is -0.149. The molecule has 3 aromatic heterocycles. The van der Waals surface area contributed by atoms with E-state index < -0.39 is 23.3 Å². The van der Waals surface area contributed by atoms with Gasteiger partial charge in [0.05, 0.1) is 46.6 Å². The van der Waals surface area contributed by atoms with Crippen molar-refractivity contribution in [3.63, 3.8) is 0 Å². The van der Waals surface area contributed by atoms with Crippen molar-refractivity contribution in [3.8, 4) is 0 Å². The Bertz CT molecular complexity index is 1350. The average Bonchev–Trinajstić information content (AvgIpc) is 2.94. The zero-order valence-electron chi connectivity index (χ0n) is 22.6. The highest BCUT2D eigenvalue weighted by Gasteiger charge is 2.42. The number of urea groups is 1. The van der Waals surface area contributed by atoms with Gasteiger partial charge in [-0.05, 0) is 45.2 Å². The summed E-state index contributed by atoms with van der Waals surface area (Å²) in [6, 6.07) is 4.69. The Morgan fingerprint density at radius 1 is 1.07 bits per heavy atom. The second-order valence-corrected chi connectivity index (χ2v) is 9.77. The van der Waals surface area contributed by atoms with Gasteiger partial charge in [0, 0.05) is 37.6 Å². The van der Waals surface area contributed by atoms with Crippen LogP contribution < -0.4 is 26.2 Å². The van der Waals surface area contributed by atoms with Crippen LogP contribution in [-0.2, 0) is 4.79 Å². The molecule has 2 atom stereocenters. The highest BCUT2D eigenvalue weighted by molar-refractivity contribution is 6.08. The summed E-state index contributed by atoms with van der Waals surface area (Å²) in [5.74, 6) is -0.503. The van der Waals surface area contributed by atoms with Gasteiger partial charge in [-0.2, -0.15) is 0 Å². The largest absolute Gasteiger partial charge is 0.481 e. The van der Waals surface area contributed by atoms with Crippen molar-refractivity contribution in [2.45, 2.75) is 46.1 Å². The minimum Gasteiger partial charge on any atom is -0.481 e. The Labute approximate surface area is 231 Å². The van der Waals surface area contributed by atoms with Crippen LogP contribution in [0.1, 0.15) is 50.4 Å². The van der Waals surface area contributed by atoms with Crippen LogP contribution in [0.4, 0.5) is 33.6 Å². The second kappa shape index (κ2) is 12.4. The lowest BCUT2D eigenvalue weighted by Crippen LogP contribution is -2.49. The van der Waals surface area contributed by atoms with Crippen molar-refractivity contribution >= 4 is 46.7 Å². The van der Waals surface area contributed by atoms with Gasteiger partial charge < -0.3 is 26.0 Å². The van der Waals surface area contributed by atoms with Crippen LogP contribution in [0.25, 0.3) is 0 Å². The number of carbonyl (C=O) groups excluding carboxylic acids is 2. The number of carboxylic acid groups (broad SMARTS) is 1. The van der Waals surface area contributed by atoms with Gasteiger partial charge in [0.2, 0.25) is 5.95 Å². The number of carbonyl (C=O) groups is 3. The van der Waals surface area contributed by atoms with E-state index in [0.29, 0.717) is 48.9 Å².